The number of halogens is 3. The van der Waals surface area contributed by atoms with E-state index in [9.17, 15) is 62.8 Å². The molecule has 0 saturated heterocycles. The second kappa shape index (κ2) is 29.0. The third-order valence-electron chi connectivity index (χ3n) is 14.1. The Morgan fingerprint density at radius 3 is 1.84 bits per heavy atom. The summed E-state index contributed by atoms with van der Waals surface area (Å²) in [7, 11) is -13.7. The van der Waals surface area contributed by atoms with Gasteiger partial charge in [-0.2, -0.15) is 29.8 Å². The molecule has 79 heavy (non-hydrogen) atoms. The number of fused-ring (bicyclic) bond motifs is 2. The summed E-state index contributed by atoms with van der Waals surface area (Å²) >= 11 is 0. The molecule has 6 rings (SSSR count). The molecule has 1 atom stereocenters. The maximum absolute atomic E-state index is 16.4. The number of unbranched alkanes of at least 4 members (excludes halogenated alkanes) is 5. The Labute approximate surface area is 526 Å². The molecular formula is C53H63F3N3Na3O14S3+4. The van der Waals surface area contributed by atoms with E-state index in [1.54, 1.807) is 56.9 Å². The van der Waals surface area contributed by atoms with Gasteiger partial charge in [0, 0.05) is 84.9 Å². The van der Waals surface area contributed by atoms with Crippen LogP contribution in [0.3, 0.4) is 0 Å². The SMILES string of the molecule is CC1(C)C(/C=C/C2=C(c3c(F)cc(F)cc3F)C(=C/C=C3/N(CCCCS(=O)(=O)O)c4ccc(S(=O)(=O)O)cc4C3(C)C)/CC(C(=O)NCCCCCC(=O)O)C2)=[N+](CCCCCC(=O)O)c2ccc(S(=O)(=O)O)cc21.[Na+].[Na+].[Na+]. The van der Waals surface area contributed by atoms with Crippen molar-refractivity contribution in [3.05, 3.63) is 124 Å². The average Bonchev–Trinajstić information content (AvgIpc) is 3.72. The van der Waals surface area contributed by atoms with Crippen molar-refractivity contribution in [2.75, 3.05) is 30.3 Å². The zero-order valence-electron chi connectivity index (χ0n) is 45.5. The number of carbonyl (C=O) groups is 3. The van der Waals surface area contributed by atoms with Crippen molar-refractivity contribution < 1.29 is 170 Å². The van der Waals surface area contributed by atoms with E-state index < -0.39 is 98.6 Å². The van der Waals surface area contributed by atoms with Crippen LogP contribution >= 0.6 is 0 Å². The monoisotopic (exact) mass is 1190 g/mol. The van der Waals surface area contributed by atoms with Crippen LogP contribution in [0.15, 0.2) is 99.5 Å². The molecule has 0 fully saturated rings. The first-order valence-electron chi connectivity index (χ1n) is 24.7. The van der Waals surface area contributed by atoms with Gasteiger partial charge in [0.05, 0.1) is 26.5 Å². The van der Waals surface area contributed by atoms with Crippen LogP contribution in [-0.2, 0) is 55.6 Å². The molecule has 3 aromatic carbocycles. The molecular weight excluding hydrogens is 1120 g/mol. The van der Waals surface area contributed by atoms with Gasteiger partial charge in [-0.1, -0.05) is 32.4 Å². The first-order chi connectivity index (χ1) is 35.4. The fraction of sp³-hybridized carbons (Fsp3) is 0.434. The molecule has 2 aliphatic heterocycles. The first kappa shape index (κ1) is 70.3. The molecule has 0 spiro atoms. The van der Waals surface area contributed by atoms with Gasteiger partial charge in [-0.3, -0.25) is 28.0 Å². The maximum atomic E-state index is 16.4. The van der Waals surface area contributed by atoms with Crippen LogP contribution < -0.4 is 98.9 Å². The van der Waals surface area contributed by atoms with Gasteiger partial charge in [0.15, 0.2) is 5.71 Å². The number of benzene rings is 3. The molecule has 2 heterocycles. The van der Waals surface area contributed by atoms with E-state index in [2.05, 4.69) is 5.32 Å². The summed E-state index contributed by atoms with van der Waals surface area (Å²) in [5.74, 6) is -7.58. The van der Waals surface area contributed by atoms with Crippen LogP contribution in [-0.4, -0.2) is 103 Å². The largest absolute Gasteiger partial charge is 1.00 e. The second-order valence-electron chi connectivity index (χ2n) is 20.3. The van der Waals surface area contributed by atoms with E-state index in [1.807, 2.05) is 4.58 Å². The zero-order valence-corrected chi connectivity index (χ0v) is 53.9. The van der Waals surface area contributed by atoms with Crippen molar-refractivity contribution in [3.63, 3.8) is 0 Å². The van der Waals surface area contributed by atoms with Crippen LogP contribution in [0.1, 0.15) is 121 Å². The molecule has 17 nitrogen and oxygen atoms in total. The topological polar surface area (TPSA) is 273 Å². The second-order valence-corrected chi connectivity index (χ2v) is 24.7. The summed E-state index contributed by atoms with van der Waals surface area (Å²) in [6.07, 6.45) is 8.93. The Balaban J connectivity index is 0.00000547. The van der Waals surface area contributed by atoms with E-state index in [-0.39, 0.29) is 162 Å². The molecule has 3 aromatic rings. The standard InChI is InChI=1S/C53H62F3N3O14S3.3Na/c1-52(2)39-31-37(75(68,69)70)17-19-43(39)58(24-10-6-8-14-48(62)63)45(52)21-15-33-27-35(51(64)57-23-9-5-7-13-47(60)61)28-34(49(33)50-41(55)29-36(54)30-42(50)56)16-22-46-53(3,4)40-32-38(76(71,72)73)18-20-44(40)59(46)25-11-12-26-74(65,66)67;;;/h15-22,29-32,35H,5-14,23-28H2,1-4H3,(H5-,57,60,61,62,63,64,65,66,67,68,69,70,71,72,73);;;/q;3*+1/p+1. The van der Waals surface area contributed by atoms with Crippen LogP contribution in [0.5, 0.6) is 0 Å². The molecule has 1 amide bonds. The minimum atomic E-state index is -4.69. The summed E-state index contributed by atoms with van der Waals surface area (Å²) < 4.78 is 152. The van der Waals surface area contributed by atoms with E-state index in [1.165, 1.54) is 36.4 Å². The number of amides is 1. The molecule has 26 heteroatoms. The first-order valence-corrected chi connectivity index (χ1v) is 29.2. The number of anilines is 1. The minimum absolute atomic E-state index is 0. The van der Waals surface area contributed by atoms with Gasteiger partial charge < -0.3 is 20.4 Å². The number of nitrogens with one attached hydrogen (secondary N) is 1. The Bertz CT molecular complexity index is 3310. The quantitative estimate of drug-likeness (QED) is 0.0300. The third kappa shape index (κ3) is 17.8. The summed E-state index contributed by atoms with van der Waals surface area (Å²) in [5, 5.41) is 21.3. The smallest absolute Gasteiger partial charge is 0.481 e. The number of carboxylic acids is 2. The Hall–Kier alpha value is -2.98. The van der Waals surface area contributed by atoms with Gasteiger partial charge >= 0.3 is 101 Å². The number of rotatable bonds is 24. The maximum Gasteiger partial charge on any atom is 1.00 e. The Morgan fingerprint density at radius 1 is 0.696 bits per heavy atom. The van der Waals surface area contributed by atoms with E-state index in [0.29, 0.717) is 91.1 Å². The van der Waals surface area contributed by atoms with Crippen LogP contribution in [0, 0.1) is 23.4 Å². The minimum Gasteiger partial charge on any atom is -0.481 e. The molecule has 0 bridgehead atoms. The molecule has 0 saturated carbocycles. The van der Waals surface area contributed by atoms with Gasteiger partial charge in [0.25, 0.3) is 30.4 Å². The fourth-order valence-electron chi connectivity index (χ4n) is 10.3. The molecule has 3 aliphatic rings. The number of hydrogen-bond acceptors (Lipinski definition) is 10. The van der Waals surface area contributed by atoms with Crippen molar-refractivity contribution in [2.24, 2.45) is 5.92 Å². The number of allylic oxidation sites excluding steroid dienone is 8. The van der Waals surface area contributed by atoms with Crippen LogP contribution in [0.2, 0.25) is 0 Å². The fourth-order valence-corrected chi connectivity index (χ4v) is 11.9. The summed E-state index contributed by atoms with van der Waals surface area (Å²) in [6.45, 7) is 7.73. The Morgan fingerprint density at radius 2 is 1.27 bits per heavy atom. The number of carbonyl (C=O) groups excluding carboxylic acids is 1. The van der Waals surface area contributed by atoms with Crippen molar-refractivity contribution in [3.8, 4) is 0 Å². The summed E-state index contributed by atoms with van der Waals surface area (Å²) in [4.78, 5) is 37.7. The number of carboxylic acid groups (broad SMARTS) is 2. The van der Waals surface area contributed by atoms with Gasteiger partial charge in [0.1, 0.15) is 24.0 Å². The zero-order chi connectivity index (χ0) is 56.1. The van der Waals surface area contributed by atoms with Crippen LogP contribution in [0.25, 0.3) is 5.57 Å². The number of aliphatic carboxylic acids is 2. The summed E-state index contributed by atoms with van der Waals surface area (Å²) in [6, 6.07) is 9.14. The van der Waals surface area contributed by atoms with Crippen molar-refractivity contribution >= 4 is 70.9 Å². The normalized spacial score (nSPS) is 17.8. The Kier molecular flexibility index (Phi) is 25.8. The van der Waals surface area contributed by atoms with Gasteiger partial charge in [-0.05, 0) is 124 Å². The van der Waals surface area contributed by atoms with E-state index in [0.717, 1.165) is 0 Å². The molecule has 412 valence electrons. The molecule has 1 unspecified atom stereocenters. The molecule has 0 aromatic heterocycles. The molecule has 6 N–H and O–H groups in total. The van der Waals surface area contributed by atoms with Crippen molar-refractivity contribution in [2.45, 2.75) is 125 Å². The predicted octanol–water partition coefficient (Wildman–Crippen LogP) is 0.0878. The molecule has 1 aliphatic carbocycles. The van der Waals surface area contributed by atoms with Crippen molar-refractivity contribution in [1.82, 2.24) is 5.32 Å². The van der Waals surface area contributed by atoms with Gasteiger partial charge in [-0.25, -0.2) is 13.2 Å². The predicted molar refractivity (Wildman–Crippen MR) is 278 cm³/mol. The average molecular weight is 1190 g/mol. The number of nitrogens with zero attached hydrogens (tertiary/aromatic N) is 2. The van der Waals surface area contributed by atoms with Gasteiger partial charge in [0.2, 0.25) is 11.6 Å². The van der Waals surface area contributed by atoms with E-state index in [4.69, 9.17) is 5.11 Å². The van der Waals surface area contributed by atoms with Crippen LogP contribution in [0.4, 0.5) is 24.5 Å². The van der Waals surface area contributed by atoms with Gasteiger partial charge in [-0.15, -0.1) is 0 Å². The van der Waals surface area contributed by atoms with E-state index >= 15 is 8.78 Å². The third-order valence-corrected chi connectivity index (χ3v) is 16.6. The van der Waals surface area contributed by atoms with Crippen molar-refractivity contribution in [1.29, 1.82) is 0 Å². The summed E-state index contributed by atoms with van der Waals surface area (Å²) in [5.41, 5.74) is 0.699. The number of hydrogen-bond donors (Lipinski definition) is 6. The molecule has 0 radical (unpaired) electrons.